The molecule has 4 heteroatoms. The number of hydrogen-bond acceptors (Lipinski definition) is 4. The van der Waals surface area contributed by atoms with Crippen LogP contribution in [0.3, 0.4) is 0 Å². The SMILES string of the molecule is Cc1sc(CNC(C)C)cc1CN(C)Cc1cccnc1. The minimum Gasteiger partial charge on any atom is -0.310 e. The first-order valence-electron chi connectivity index (χ1n) is 7.43. The summed E-state index contributed by atoms with van der Waals surface area (Å²) in [6.07, 6.45) is 3.76. The Morgan fingerprint density at radius 1 is 1.33 bits per heavy atom. The third-order valence-electron chi connectivity index (χ3n) is 3.37. The lowest BCUT2D eigenvalue weighted by Gasteiger charge is -2.16. The van der Waals surface area contributed by atoms with Gasteiger partial charge in [0.15, 0.2) is 0 Å². The fourth-order valence-corrected chi connectivity index (χ4v) is 3.29. The minimum atomic E-state index is 0.532. The molecule has 2 aromatic rings. The van der Waals surface area contributed by atoms with E-state index < -0.39 is 0 Å². The summed E-state index contributed by atoms with van der Waals surface area (Å²) in [4.78, 5) is 9.36. The van der Waals surface area contributed by atoms with Gasteiger partial charge in [0.25, 0.3) is 0 Å². The van der Waals surface area contributed by atoms with Crippen molar-refractivity contribution < 1.29 is 0 Å². The summed E-state index contributed by atoms with van der Waals surface area (Å²) < 4.78 is 0. The summed E-state index contributed by atoms with van der Waals surface area (Å²) in [5.74, 6) is 0. The molecule has 0 bridgehead atoms. The van der Waals surface area contributed by atoms with Gasteiger partial charge < -0.3 is 5.32 Å². The zero-order valence-corrected chi connectivity index (χ0v) is 14.2. The van der Waals surface area contributed by atoms with E-state index in [1.54, 1.807) is 0 Å². The van der Waals surface area contributed by atoms with Gasteiger partial charge in [-0.1, -0.05) is 19.9 Å². The highest BCUT2D eigenvalue weighted by Crippen LogP contribution is 2.23. The average molecular weight is 303 g/mol. The lowest BCUT2D eigenvalue weighted by atomic mass is 10.2. The van der Waals surface area contributed by atoms with Crippen molar-refractivity contribution in [1.82, 2.24) is 15.2 Å². The standard InChI is InChI=1S/C17H25N3S/c1-13(2)19-10-17-8-16(14(3)21-17)12-20(4)11-15-6-5-7-18-9-15/h5-9,13,19H,10-12H2,1-4H3. The number of thiophene rings is 1. The number of nitrogens with one attached hydrogen (secondary N) is 1. The Hall–Kier alpha value is -1.23. The van der Waals surface area contributed by atoms with Crippen LogP contribution in [0.4, 0.5) is 0 Å². The molecular formula is C17H25N3S. The summed E-state index contributed by atoms with van der Waals surface area (Å²) >= 11 is 1.90. The van der Waals surface area contributed by atoms with Crippen LogP contribution in [0.2, 0.25) is 0 Å². The van der Waals surface area contributed by atoms with E-state index >= 15 is 0 Å². The second kappa shape index (κ2) is 7.69. The molecule has 114 valence electrons. The molecule has 0 unspecified atom stereocenters. The number of aromatic nitrogens is 1. The Balaban J connectivity index is 1.92. The van der Waals surface area contributed by atoms with Gasteiger partial charge in [0.1, 0.15) is 0 Å². The first-order chi connectivity index (χ1) is 10.0. The van der Waals surface area contributed by atoms with Crippen molar-refractivity contribution in [3.05, 3.63) is 51.5 Å². The van der Waals surface area contributed by atoms with Crippen molar-refractivity contribution in [1.29, 1.82) is 0 Å². The first kappa shape index (κ1) is 16.1. The maximum atomic E-state index is 4.17. The highest BCUT2D eigenvalue weighted by molar-refractivity contribution is 7.12. The van der Waals surface area contributed by atoms with Gasteiger partial charge in [-0.2, -0.15) is 0 Å². The molecule has 0 saturated carbocycles. The summed E-state index contributed by atoms with van der Waals surface area (Å²) in [5.41, 5.74) is 2.70. The van der Waals surface area contributed by atoms with E-state index in [9.17, 15) is 0 Å². The zero-order chi connectivity index (χ0) is 15.2. The summed E-state index contributed by atoms with van der Waals surface area (Å²) in [7, 11) is 2.16. The molecule has 21 heavy (non-hydrogen) atoms. The normalized spacial score (nSPS) is 11.5. The number of pyridine rings is 1. The van der Waals surface area contributed by atoms with E-state index in [-0.39, 0.29) is 0 Å². The molecule has 2 heterocycles. The molecule has 0 fully saturated rings. The van der Waals surface area contributed by atoms with E-state index in [0.29, 0.717) is 6.04 Å². The molecule has 0 radical (unpaired) electrons. The van der Waals surface area contributed by atoms with E-state index in [2.05, 4.69) is 55.2 Å². The van der Waals surface area contributed by atoms with Gasteiger partial charge in [-0.25, -0.2) is 0 Å². The molecule has 0 spiro atoms. The fourth-order valence-electron chi connectivity index (χ4n) is 2.29. The Bertz CT molecular complexity index is 548. The highest BCUT2D eigenvalue weighted by Gasteiger charge is 2.09. The average Bonchev–Trinajstić information content (AvgIpc) is 2.78. The third kappa shape index (κ3) is 5.23. The van der Waals surface area contributed by atoms with Crippen molar-refractivity contribution in [2.24, 2.45) is 0 Å². The summed E-state index contributed by atoms with van der Waals surface area (Å²) in [6.45, 7) is 9.47. The number of rotatable bonds is 7. The molecule has 2 aromatic heterocycles. The Morgan fingerprint density at radius 3 is 2.81 bits per heavy atom. The number of nitrogens with zero attached hydrogens (tertiary/aromatic N) is 2. The van der Waals surface area contributed by atoms with Gasteiger partial charge >= 0.3 is 0 Å². The van der Waals surface area contributed by atoms with Crippen molar-refractivity contribution in [2.75, 3.05) is 7.05 Å². The van der Waals surface area contributed by atoms with Crippen LogP contribution in [0, 0.1) is 6.92 Å². The molecule has 0 aliphatic carbocycles. The van der Waals surface area contributed by atoms with Crippen molar-refractivity contribution in [2.45, 2.75) is 46.4 Å². The van der Waals surface area contributed by atoms with Crippen LogP contribution < -0.4 is 5.32 Å². The monoisotopic (exact) mass is 303 g/mol. The van der Waals surface area contributed by atoms with Gasteiger partial charge in [-0.05, 0) is 37.2 Å². The Morgan fingerprint density at radius 2 is 2.14 bits per heavy atom. The largest absolute Gasteiger partial charge is 0.310 e. The predicted molar refractivity (Wildman–Crippen MR) is 90.4 cm³/mol. The van der Waals surface area contributed by atoms with E-state index in [1.165, 1.54) is 20.9 Å². The molecule has 2 rings (SSSR count). The second-order valence-electron chi connectivity index (χ2n) is 5.86. The van der Waals surface area contributed by atoms with Gasteiger partial charge in [0.2, 0.25) is 0 Å². The van der Waals surface area contributed by atoms with Gasteiger partial charge in [-0.3, -0.25) is 9.88 Å². The van der Waals surface area contributed by atoms with Crippen molar-refractivity contribution in [3.63, 3.8) is 0 Å². The minimum absolute atomic E-state index is 0.532. The van der Waals surface area contributed by atoms with Gasteiger partial charge in [0, 0.05) is 47.8 Å². The molecule has 0 amide bonds. The maximum Gasteiger partial charge on any atom is 0.0312 e. The lowest BCUT2D eigenvalue weighted by Crippen LogP contribution is -2.21. The second-order valence-corrected chi connectivity index (χ2v) is 7.20. The predicted octanol–water partition coefficient (Wildman–Crippen LogP) is 3.58. The van der Waals surface area contributed by atoms with Gasteiger partial charge in [-0.15, -0.1) is 11.3 Å². The van der Waals surface area contributed by atoms with E-state index in [4.69, 9.17) is 0 Å². The summed E-state index contributed by atoms with van der Waals surface area (Å²) in [6, 6.07) is 7.00. The number of hydrogen-bond donors (Lipinski definition) is 1. The first-order valence-corrected chi connectivity index (χ1v) is 8.25. The Kier molecular flexibility index (Phi) is 5.91. The molecule has 0 aromatic carbocycles. The van der Waals surface area contributed by atoms with Crippen LogP contribution in [-0.4, -0.2) is 23.0 Å². The topological polar surface area (TPSA) is 28.2 Å². The van der Waals surface area contributed by atoms with E-state index in [1.807, 2.05) is 29.8 Å². The number of aryl methyl sites for hydroxylation is 1. The lowest BCUT2D eigenvalue weighted by molar-refractivity contribution is 0.318. The molecule has 0 saturated heterocycles. The van der Waals surface area contributed by atoms with Crippen molar-refractivity contribution >= 4 is 11.3 Å². The molecule has 0 aliphatic rings. The van der Waals surface area contributed by atoms with Crippen LogP contribution in [0.15, 0.2) is 30.6 Å². The van der Waals surface area contributed by atoms with Crippen LogP contribution in [0.1, 0.15) is 34.7 Å². The molecule has 0 aliphatic heterocycles. The Labute approximate surface area is 132 Å². The van der Waals surface area contributed by atoms with Crippen LogP contribution >= 0.6 is 11.3 Å². The fraction of sp³-hybridized carbons (Fsp3) is 0.471. The molecule has 0 atom stereocenters. The van der Waals surface area contributed by atoms with Crippen molar-refractivity contribution in [3.8, 4) is 0 Å². The maximum absolute atomic E-state index is 4.17. The van der Waals surface area contributed by atoms with Crippen LogP contribution in [0.5, 0.6) is 0 Å². The molecule has 3 nitrogen and oxygen atoms in total. The summed E-state index contributed by atoms with van der Waals surface area (Å²) in [5, 5.41) is 3.48. The van der Waals surface area contributed by atoms with E-state index in [0.717, 1.165) is 19.6 Å². The highest BCUT2D eigenvalue weighted by atomic mass is 32.1. The van der Waals surface area contributed by atoms with Crippen LogP contribution in [-0.2, 0) is 19.6 Å². The molecular weight excluding hydrogens is 278 g/mol. The van der Waals surface area contributed by atoms with Crippen LogP contribution in [0.25, 0.3) is 0 Å². The van der Waals surface area contributed by atoms with Gasteiger partial charge in [0.05, 0.1) is 0 Å². The molecule has 1 N–H and O–H groups in total. The smallest absolute Gasteiger partial charge is 0.0312 e. The third-order valence-corrected chi connectivity index (χ3v) is 4.46. The quantitative estimate of drug-likeness (QED) is 0.847. The zero-order valence-electron chi connectivity index (χ0n) is 13.4.